The predicted molar refractivity (Wildman–Crippen MR) is 80.3 cm³/mol. The highest BCUT2D eigenvalue weighted by atomic mass is 16.5. The van der Waals surface area contributed by atoms with Crippen molar-refractivity contribution in [1.82, 2.24) is 5.32 Å². The fourth-order valence-electron chi connectivity index (χ4n) is 3.10. The van der Waals surface area contributed by atoms with E-state index < -0.39 is 0 Å². The van der Waals surface area contributed by atoms with Gasteiger partial charge in [-0.1, -0.05) is 30.7 Å². The van der Waals surface area contributed by atoms with E-state index in [-0.39, 0.29) is 12.6 Å². The lowest BCUT2D eigenvalue weighted by Gasteiger charge is -2.26. The average molecular weight is 278 g/mol. The van der Waals surface area contributed by atoms with Crippen LogP contribution in [-0.4, -0.2) is 31.4 Å². The number of rotatable bonds is 7. The van der Waals surface area contributed by atoms with Crippen molar-refractivity contribution in [3.05, 3.63) is 35.4 Å². The van der Waals surface area contributed by atoms with Crippen LogP contribution in [0.15, 0.2) is 24.3 Å². The van der Waals surface area contributed by atoms with Crippen LogP contribution in [0.3, 0.4) is 0 Å². The minimum atomic E-state index is 0.143. The lowest BCUT2D eigenvalue weighted by atomic mass is 9.99. The van der Waals surface area contributed by atoms with E-state index >= 15 is 0 Å². The minimum Gasteiger partial charge on any atom is -0.396 e. The smallest absolute Gasteiger partial charge is 0.0713 e. The van der Waals surface area contributed by atoms with Crippen molar-refractivity contribution in [2.45, 2.75) is 38.0 Å². The second-order valence-electron chi connectivity index (χ2n) is 5.61. The standard InChI is InChI=1S/C16H26N2O2/c1-20-11-12-4-2-5-13(8-12)16(9-17)18-15-7-3-6-14(15)10-19/h2,4-5,8,14-16,18-19H,3,6-7,9-11,17H2,1H3. The molecule has 0 aromatic heterocycles. The summed E-state index contributed by atoms with van der Waals surface area (Å²) in [6.07, 6.45) is 3.42. The molecule has 0 heterocycles. The van der Waals surface area contributed by atoms with E-state index in [2.05, 4.69) is 23.5 Å². The summed E-state index contributed by atoms with van der Waals surface area (Å²) in [6, 6.07) is 8.88. The van der Waals surface area contributed by atoms with Gasteiger partial charge >= 0.3 is 0 Å². The van der Waals surface area contributed by atoms with Gasteiger partial charge in [-0.05, 0) is 29.9 Å². The lowest BCUT2D eigenvalue weighted by Crippen LogP contribution is -2.39. The molecular formula is C16H26N2O2. The third-order valence-corrected chi connectivity index (χ3v) is 4.21. The molecule has 4 N–H and O–H groups in total. The topological polar surface area (TPSA) is 67.5 Å². The first-order valence-electron chi connectivity index (χ1n) is 7.43. The van der Waals surface area contributed by atoms with Gasteiger partial charge in [-0.2, -0.15) is 0 Å². The molecule has 0 spiro atoms. The third kappa shape index (κ3) is 3.79. The fourth-order valence-corrected chi connectivity index (χ4v) is 3.10. The normalized spacial score (nSPS) is 23.9. The summed E-state index contributed by atoms with van der Waals surface area (Å²) in [5.74, 6) is 0.367. The zero-order chi connectivity index (χ0) is 14.4. The molecule has 0 amide bonds. The molecule has 0 saturated heterocycles. The predicted octanol–water partition coefficient (Wildman–Crippen LogP) is 1.58. The Hall–Kier alpha value is -0.940. The van der Waals surface area contributed by atoms with E-state index in [0.29, 0.717) is 25.1 Å². The second-order valence-corrected chi connectivity index (χ2v) is 5.61. The molecule has 112 valence electrons. The maximum Gasteiger partial charge on any atom is 0.0713 e. The van der Waals surface area contributed by atoms with Crippen molar-refractivity contribution in [1.29, 1.82) is 0 Å². The highest BCUT2D eigenvalue weighted by Crippen LogP contribution is 2.27. The van der Waals surface area contributed by atoms with Gasteiger partial charge in [-0.25, -0.2) is 0 Å². The number of aliphatic hydroxyl groups excluding tert-OH is 1. The number of hydrogen-bond acceptors (Lipinski definition) is 4. The van der Waals surface area contributed by atoms with Crippen LogP contribution in [-0.2, 0) is 11.3 Å². The Morgan fingerprint density at radius 2 is 2.30 bits per heavy atom. The van der Waals surface area contributed by atoms with Crippen molar-refractivity contribution in [3.8, 4) is 0 Å². The van der Waals surface area contributed by atoms with Gasteiger partial charge in [0.15, 0.2) is 0 Å². The van der Waals surface area contributed by atoms with Gasteiger partial charge in [0.25, 0.3) is 0 Å². The van der Waals surface area contributed by atoms with E-state index in [0.717, 1.165) is 18.4 Å². The molecule has 1 aromatic rings. The van der Waals surface area contributed by atoms with Gasteiger partial charge in [0.1, 0.15) is 0 Å². The Kier molecular flexibility index (Phi) is 5.98. The van der Waals surface area contributed by atoms with Crippen LogP contribution in [0.2, 0.25) is 0 Å². The molecule has 3 unspecified atom stereocenters. The van der Waals surface area contributed by atoms with Crippen LogP contribution in [0.4, 0.5) is 0 Å². The first kappa shape index (κ1) is 15.4. The largest absolute Gasteiger partial charge is 0.396 e. The lowest BCUT2D eigenvalue weighted by molar-refractivity contribution is 0.184. The summed E-state index contributed by atoms with van der Waals surface area (Å²) in [7, 11) is 1.70. The molecule has 20 heavy (non-hydrogen) atoms. The summed E-state index contributed by atoms with van der Waals surface area (Å²) < 4.78 is 5.18. The van der Waals surface area contributed by atoms with Crippen molar-refractivity contribution in [2.24, 2.45) is 11.7 Å². The number of methoxy groups -OCH3 is 1. The second kappa shape index (κ2) is 7.74. The number of ether oxygens (including phenoxy) is 1. The molecule has 4 heteroatoms. The van der Waals surface area contributed by atoms with Crippen LogP contribution in [0.25, 0.3) is 0 Å². The summed E-state index contributed by atoms with van der Waals surface area (Å²) in [6.45, 7) is 1.44. The van der Waals surface area contributed by atoms with Crippen molar-refractivity contribution in [3.63, 3.8) is 0 Å². The fraction of sp³-hybridized carbons (Fsp3) is 0.625. The summed E-state index contributed by atoms with van der Waals surface area (Å²) in [5.41, 5.74) is 8.30. The Morgan fingerprint density at radius 3 is 3.00 bits per heavy atom. The molecule has 0 bridgehead atoms. The Labute approximate surface area is 121 Å². The maximum atomic E-state index is 9.42. The first-order chi connectivity index (χ1) is 9.78. The van der Waals surface area contributed by atoms with Crippen LogP contribution in [0, 0.1) is 5.92 Å². The molecule has 1 aromatic carbocycles. The molecule has 1 aliphatic rings. The molecule has 1 aliphatic carbocycles. The van der Waals surface area contributed by atoms with Gasteiger partial charge in [-0.15, -0.1) is 0 Å². The van der Waals surface area contributed by atoms with Crippen LogP contribution in [0.1, 0.15) is 36.4 Å². The molecule has 0 radical (unpaired) electrons. The van der Waals surface area contributed by atoms with Gasteiger partial charge in [0, 0.05) is 32.3 Å². The molecule has 2 rings (SSSR count). The highest BCUT2D eigenvalue weighted by molar-refractivity contribution is 5.26. The Balaban J connectivity index is 2.05. The monoisotopic (exact) mass is 278 g/mol. The molecule has 0 aliphatic heterocycles. The minimum absolute atomic E-state index is 0.143. The van der Waals surface area contributed by atoms with Gasteiger partial charge in [-0.3, -0.25) is 0 Å². The number of aliphatic hydroxyl groups is 1. The summed E-state index contributed by atoms with van der Waals surface area (Å²) in [5, 5.41) is 13.0. The maximum absolute atomic E-state index is 9.42. The number of hydrogen-bond donors (Lipinski definition) is 3. The van der Waals surface area contributed by atoms with Gasteiger partial charge in [0.05, 0.1) is 6.61 Å². The Bertz CT molecular complexity index is 411. The van der Waals surface area contributed by atoms with Gasteiger partial charge < -0.3 is 20.9 Å². The zero-order valence-electron chi connectivity index (χ0n) is 12.2. The first-order valence-corrected chi connectivity index (χ1v) is 7.43. The molecular weight excluding hydrogens is 252 g/mol. The van der Waals surface area contributed by atoms with E-state index in [4.69, 9.17) is 10.5 Å². The molecule has 3 atom stereocenters. The number of nitrogens with two attached hydrogens (primary N) is 1. The van der Waals surface area contributed by atoms with E-state index in [1.54, 1.807) is 7.11 Å². The van der Waals surface area contributed by atoms with E-state index in [1.165, 1.54) is 12.0 Å². The zero-order valence-corrected chi connectivity index (χ0v) is 12.2. The third-order valence-electron chi connectivity index (χ3n) is 4.21. The summed E-state index contributed by atoms with van der Waals surface area (Å²) in [4.78, 5) is 0. The number of nitrogens with one attached hydrogen (secondary N) is 1. The SMILES string of the molecule is COCc1cccc(C(CN)NC2CCCC2CO)c1. The van der Waals surface area contributed by atoms with Gasteiger partial charge in [0.2, 0.25) is 0 Å². The van der Waals surface area contributed by atoms with Crippen molar-refractivity contribution in [2.75, 3.05) is 20.3 Å². The van der Waals surface area contributed by atoms with Crippen LogP contribution in [0.5, 0.6) is 0 Å². The van der Waals surface area contributed by atoms with E-state index in [1.807, 2.05) is 6.07 Å². The Morgan fingerprint density at radius 1 is 1.45 bits per heavy atom. The average Bonchev–Trinajstić information content (AvgIpc) is 2.92. The molecule has 1 fully saturated rings. The number of benzene rings is 1. The van der Waals surface area contributed by atoms with Crippen molar-refractivity contribution < 1.29 is 9.84 Å². The summed E-state index contributed by atoms with van der Waals surface area (Å²) >= 11 is 0. The highest BCUT2D eigenvalue weighted by Gasteiger charge is 2.28. The van der Waals surface area contributed by atoms with E-state index in [9.17, 15) is 5.11 Å². The van der Waals surface area contributed by atoms with Crippen LogP contribution >= 0.6 is 0 Å². The quantitative estimate of drug-likeness (QED) is 0.708. The van der Waals surface area contributed by atoms with Crippen molar-refractivity contribution >= 4 is 0 Å². The molecule has 1 saturated carbocycles. The van der Waals surface area contributed by atoms with Crippen LogP contribution < -0.4 is 11.1 Å². The molecule has 4 nitrogen and oxygen atoms in total.